The average Bonchev–Trinajstić information content (AvgIpc) is 3.32. The number of hydrogen-bond donors (Lipinski definition) is 2. The lowest BCUT2D eigenvalue weighted by Crippen LogP contribution is -2.40. The van der Waals surface area contributed by atoms with Crippen LogP contribution in [0, 0.1) is 11.7 Å². The molecule has 5 nitrogen and oxygen atoms in total. The Bertz CT molecular complexity index is 830. The van der Waals surface area contributed by atoms with Crippen LogP contribution in [0.3, 0.4) is 0 Å². The maximum atomic E-state index is 13.2. The van der Waals surface area contributed by atoms with E-state index in [4.69, 9.17) is 0 Å². The molecule has 0 bridgehead atoms. The van der Waals surface area contributed by atoms with E-state index in [-0.39, 0.29) is 28.5 Å². The van der Waals surface area contributed by atoms with Crippen LogP contribution in [0.15, 0.2) is 46.0 Å². The van der Waals surface area contributed by atoms with Gasteiger partial charge in [0.25, 0.3) is 10.0 Å². The highest BCUT2D eigenvalue weighted by Gasteiger charge is 2.28. The van der Waals surface area contributed by atoms with Gasteiger partial charge >= 0.3 is 0 Å². The minimum absolute atomic E-state index is 0.177. The molecule has 1 aromatic carbocycles. The van der Waals surface area contributed by atoms with E-state index in [9.17, 15) is 17.6 Å². The molecule has 2 N–H and O–H groups in total. The summed E-state index contributed by atoms with van der Waals surface area (Å²) in [5, 5.41) is 4.59. The molecule has 26 heavy (non-hydrogen) atoms. The lowest BCUT2D eigenvalue weighted by molar-refractivity contribution is -0.121. The molecule has 3 rings (SSSR count). The SMILES string of the molecule is O=C(CNS(=O)(=O)c1cccs1)NC(c1ccc(F)cc1)C1CCCC1. The molecule has 1 aromatic heterocycles. The Labute approximate surface area is 156 Å². The van der Waals surface area contributed by atoms with Crippen LogP contribution < -0.4 is 10.0 Å². The molecule has 0 radical (unpaired) electrons. The van der Waals surface area contributed by atoms with Crippen molar-refractivity contribution in [2.45, 2.75) is 35.9 Å². The van der Waals surface area contributed by atoms with E-state index in [0.717, 1.165) is 42.6 Å². The minimum Gasteiger partial charge on any atom is -0.348 e. The third kappa shape index (κ3) is 4.69. The van der Waals surface area contributed by atoms with Gasteiger partial charge in [0, 0.05) is 0 Å². The van der Waals surface area contributed by atoms with Gasteiger partial charge in [-0.25, -0.2) is 17.5 Å². The zero-order chi connectivity index (χ0) is 18.6. The highest BCUT2D eigenvalue weighted by molar-refractivity contribution is 7.91. The summed E-state index contributed by atoms with van der Waals surface area (Å²) in [7, 11) is -3.68. The van der Waals surface area contributed by atoms with Crippen molar-refractivity contribution in [1.29, 1.82) is 0 Å². The fourth-order valence-corrected chi connectivity index (χ4v) is 5.33. The molecular formula is C18H21FN2O3S2. The summed E-state index contributed by atoms with van der Waals surface area (Å²) in [6.45, 7) is -0.329. The van der Waals surface area contributed by atoms with Gasteiger partial charge in [0.2, 0.25) is 5.91 Å². The summed E-state index contributed by atoms with van der Waals surface area (Å²) in [6.07, 6.45) is 4.18. The monoisotopic (exact) mass is 396 g/mol. The van der Waals surface area contributed by atoms with Crippen molar-refractivity contribution in [1.82, 2.24) is 10.0 Å². The number of hydrogen-bond acceptors (Lipinski definition) is 4. The Morgan fingerprint density at radius 3 is 2.50 bits per heavy atom. The average molecular weight is 397 g/mol. The topological polar surface area (TPSA) is 75.3 Å². The number of thiophene rings is 1. The zero-order valence-corrected chi connectivity index (χ0v) is 15.8. The maximum Gasteiger partial charge on any atom is 0.250 e. The predicted octanol–water partition coefficient (Wildman–Crippen LogP) is 3.21. The third-order valence-electron chi connectivity index (χ3n) is 4.60. The van der Waals surface area contributed by atoms with Crippen molar-refractivity contribution >= 4 is 27.3 Å². The number of nitrogens with one attached hydrogen (secondary N) is 2. The van der Waals surface area contributed by atoms with Crippen molar-refractivity contribution < 1.29 is 17.6 Å². The highest BCUT2D eigenvalue weighted by Crippen LogP contribution is 2.35. The molecule has 0 spiro atoms. The first-order valence-corrected chi connectivity index (χ1v) is 10.9. The van der Waals surface area contributed by atoms with Gasteiger partial charge in [0.05, 0.1) is 12.6 Å². The number of amides is 1. The van der Waals surface area contributed by atoms with E-state index in [1.165, 1.54) is 18.2 Å². The van der Waals surface area contributed by atoms with Gasteiger partial charge in [-0.1, -0.05) is 31.0 Å². The molecule has 1 aliphatic rings. The first-order valence-electron chi connectivity index (χ1n) is 8.54. The first-order chi connectivity index (χ1) is 12.5. The Kier molecular flexibility index (Phi) is 6.05. The van der Waals surface area contributed by atoms with Crippen LogP contribution in [0.25, 0.3) is 0 Å². The van der Waals surface area contributed by atoms with E-state index in [2.05, 4.69) is 10.0 Å². The zero-order valence-electron chi connectivity index (χ0n) is 14.2. The second-order valence-electron chi connectivity index (χ2n) is 6.40. The van der Waals surface area contributed by atoms with E-state index >= 15 is 0 Å². The van der Waals surface area contributed by atoms with Crippen molar-refractivity contribution in [3.63, 3.8) is 0 Å². The molecule has 1 heterocycles. The summed E-state index contributed by atoms with van der Waals surface area (Å²) in [6, 6.07) is 9.00. The van der Waals surface area contributed by atoms with Crippen LogP contribution >= 0.6 is 11.3 Å². The van der Waals surface area contributed by atoms with Gasteiger partial charge in [-0.15, -0.1) is 11.3 Å². The smallest absolute Gasteiger partial charge is 0.250 e. The number of carbonyl (C=O) groups excluding carboxylic acids is 1. The van der Waals surface area contributed by atoms with E-state index in [1.807, 2.05) is 0 Å². The molecule has 1 unspecified atom stereocenters. The number of benzene rings is 1. The highest BCUT2D eigenvalue weighted by atomic mass is 32.2. The van der Waals surface area contributed by atoms with Crippen molar-refractivity contribution in [3.8, 4) is 0 Å². The second kappa shape index (κ2) is 8.28. The van der Waals surface area contributed by atoms with E-state index in [1.54, 1.807) is 23.6 Å². The number of rotatable bonds is 7. The molecule has 0 aliphatic heterocycles. The lowest BCUT2D eigenvalue weighted by atomic mass is 9.91. The van der Waals surface area contributed by atoms with Crippen LogP contribution in [0.4, 0.5) is 4.39 Å². The molecule has 1 fully saturated rings. The number of sulfonamides is 1. The van der Waals surface area contributed by atoms with Crippen LogP contribution in [0.5, 0.6) is 0 Å². The van der Waals surface area contributed by atoms with Gasteiger partial charge in [-0.2, -0.15) is 0 Å². The molecule has 1 aliphatic carbocycles. The van der Waals surface area contributed by atoms with Gasteiger partial charge < -0.3 is 5.32 Å². The summed E-state index contributed by atoms with van der Waals surface area (Å²) < 4.78 is 40.0. The van der Waals surface area contributed by atoms with Gasteiger partial charge in [0.1, 0.15) is 10.0 Å². The first kappa shape index (κ1) is 19.0. The Hall–Kier alpha value is -1.77. The summed E-state index contributed by atoms with van der Waals surface area (Å²) in [5.74, 6) is -0.446. The fraction of sp³-hybridized carbons (Fsp3) is 0.389. The van der Waals surface area contributed by atoms with Crippen LogP contribution in [-0.4, -0.2) is 20.9 Å². The second-order valence-corrected chi connectivity index (χ2v) is 9.34. The van der Waals surface area contributed by atoms with E-state index in [0.29, 0.717) is 0 Å². The Morgan fingerprint density at radius 1 is 1.19 bits per heavy atom. The Balaban J connectivity index is 1.66. The number of halogens is 1. The molecule has 1 saturated carbocycles. The van der Waals surface area contributed by atoms with Crippen molar-refractivity contribution in [3.05, 3.63) is 53.2 Å². The fourth-order valence-electron chi connectivity index (χ4n) is 3.31. The molecule has 140 valence electrons. The summed E-state index contributed by atoms with van der Waals surface area (Å²) in [4.78, 5) is 12.4. The third-order valence-corrected chi connectivity index (χ3v) is 7.40. The summed E-state index contributed by atoms with van der Waals surface area (Å²) in [5.41, 5.74) is 0.841. The van der Waals surface area contributed by atoms with Crippen molar-refractivity contribution in [2.24, 2.45) is 5.92 Å². The molecule has 2 aromatic rings. The molecule has 0 saturated heterocycles. The van der Waals surface area contributed by atoms with E-state index < -0.39 is 15.9 Å². The van der Waals surface area contributed by atoms with Gasteiger partial charge in [-0.3, -0.25) is 4.79 Å². The predicted molar refractivity (Wildman–Crippen MR) is 98.7 cm³/mol. The Morgan fingerprint density at radius 2 is 1.88 bits per heavy atom. The normalized spacial score (nSPS) is 16.5. The maximum absolute atomic E-state index is 13.2. The molecule has 8 heteroatoms. The lowest BCUT2D eigenvalue weighted by Gasteiger charge is -2.25. The van der Waals surface area contributed by atoms with Crippen LogP contribution in [-0.2, 0) is 14.8 Å². The number of carbonyl (C=O) groups is 1. The van der Waals surface area contributed by atoms with Crippen molar-refractivity contribution in [2.75, 3.05) is 6.54 Å². The standard InChI is InChI=1S/C18H21FN2O3S2/c19-15-9-7-14(8-10-15)18(13-4-1-2-5-13)21-16(22)12-20-26(23,24)17-6-3-11-25-17/h3,6-11,13,18,20H,1-2,4-5,12H2,(H,21,22). The largest absolute Gasteiger partial charge is 0.348 e. The molecule has 1 atom stereocenters. The van der Waals surface area contributed by atoms with Crippen LogP contribution in [0.2, 0.25) is 0 Å². The molecular weight excluding hydrogens is 375 g/mol. The quantitative estimate of drug-likeness (QED) is 0.755. The van der Waals surface area contributed by atoms with Gasteiger partial charge in [-0.05, 0) is 47.9 Å². The molecule has 1 amide bonds. The minimum atomic E-state index is -3.68. The van der Waals surface area contributed by atoms with Crippen LogP contribution in [0.1, 0.15) is 37.3 Å². The van der Waals surface area contributed by atoms with Gasteiger partial charge in [0.15, 0.2) is 0 Å². The summed E-state index contributed by atoms with van der Waals surface area (Å²) >= 11 is 1.10.